The van der Waals surface area contributed by atoms with Crippen LogP contribution in [0.3, 0.4) is 0 Å². The molecule has 0 aliphatic heterocycles. The number of rotatable bonds is 61. The van der Waals surface area contributed by atoms with Gasteiger partial charge in [-0.1, -0.05) is 314 Å². The molecular weight excluding hydrogens is 887 g/mol. The average molecular weight is 1010 g/mol. The van der Waals surface area contributed by atoms with Gasteiger partial charge in [-0.15, -0.1) is 0 Å². The molecule has 6 nitrogen and oxygen atoms in total. The fourth-order valence-electron chi connectivity index (χ4n) is 10.3. The topological polar surface area (TPSA) is 95.9 Å². The molecule has 1 amide bonds. The predicted octanol–water partition coefficient (Wildman–Crippen LogP) is 20.6. The first-order valence-electron chi connectivity index (χ1n) is 32.6. The quantitative estimate of drug-likeness (QED) is 0.0320. The number of hydrogen-bond donors (Lipinski definition) is 3. The maximum absolute atomic E-state index is 12.5. The zero-order valence-corrected chi connectivity index (χ0v) is 48.7. The molecule has 3 N–H and O–H groups in total. The summed E-state index contributed by atoms with van der Waals surface area (Å²) in [5.41, 5.74) is 0. The highest BCUT2D eigenvalue weighted by atomic mass is 16.5. The lowest BCUT2D eigenvalue weighted by Gasteiger charge is -2.22. The van der Waals surface area contributed by atoms with Gasteiger partial charge in [0.1, 0.15) is 0 Å². The smallest absolute Gasteiger partial charge is 0.305 e. The summed E-state index contributed by atoms with van der Waals surface area (Å²) < 4.78 is 5.50. The van der Waals surface area contributed by atoms with Crippen molar-refractivity contribution in [1.29, 1.82) is 0 Å². The molecule has 426 valence electrons. The molecule has 0 fully saturated rings. The van der Waals surface area contributed by atoms with Crippen molar-refractivity contribution in [1.82, 2.24) is 5.32 Å². The minimum atomic E-state index is -0.663. The first kappa shape index (κ1) is 70.3. The Labute approximate surface area is 450 Å². The van der Waals surface area contributed by atoms with E-state index in [1.54, 1.807) is 0 Å². The maximum Gasteiger partial charge on any atom is 0.305 e. The van der Waals surface area contributed by atoms with Crippen LogP contribution in [-0.2, 0) is 14.3 Å². The highest BCUT2D eigenvalue weighted by Crippen LogP contribution is 2.18. The Morgan fingerprint density at radius 2 is 0.694 bits per heavy atom. The summed E-state index contributed by atoms with van der Waals surface area (Å²) in [5, 5.41) is 23.3. The highest BCUT2D eigenvalue weighted by molar-refractivity contribution is 5.76. The standard InChI is InChI=1S/C66H127NO5/c1-3-5-7-9-11-13-15-17-19-20-29-32-36-40-44-48-52-56-60-66(71)72-61-57-53-49-45-41-37-33-30-27-25-23-21-22-24-26-28-31-35-39-43-47-51-55-59-65(70)67-63(62-68)64(69)58-54-50-46-42-38-34-18-16-14-12-10-8-6-4-2/h13,15,19-20,63-64,68-69H,3-12,14,16-18,21-62H2,1-2H3,(H,67,70)/b15-13-,20-19-. The highest BCUT2D eigenvalue weighted by Gasteiger charge is 2.20. The van der Waals surface area contributed by atoms with Crippen LogP contribution >= 0.6 is 0 Å². The Kier molecular flexibility index (Phi) is 60.5. The van der Waals surface area contributed by atoms with Crippen LogP contribution in [0.15, 0.2) is 24.3 Å². The minimum Gasteiger partial charge on any atom is -0.466 e. The van der Waals surface area contributed by atoms with Gasteiger partial charge >= 0.3 is 5.97 Å². The number of unbranched alkanes of at least 4 members (excludes halogenated alkanes) is 46. The second kappa shape index (κ2) is 61.9. The molecule has 2 atom stereocenters. The van der Waals surface area contributed by atoms with Crippen molar-refractivity contribution in [2.45, 2.75) is 373 Å². The predicted molar refractivity (Wildman–Crippen MR) is 315 cm³/mol. The van der Waals surface area contributed by atoms with Gasteiger partial charge in [0.15, 0.2) is 0 Å². The van der Waals surface area contributed by atoms with E-state index in [0.717, 1.165) is 51.4 Å². The van der Waals surface area contributed by atoms with Gasteiger partial charge in [0.25, 0.3) is 0 Å². The van der Waals surface area contributed by atoms with Crippen molar-refractivity contribution in [3.8, 4) is 0 Å². The molecule has 6 heteroatoms. The Morgan fingerprint density at radius 1 is 0.389 bits per heavy atom. The Balaban J connectivity index is 3.36. The van der Waals surface area contributed by atoms with Gasteiger partial charge in [-0.25, -0.2) is 0 Å². The summed E-state index contributed by atoms with van der Waals surface area (Å²) in [6, 6.07) is -0.540. The van der Waals surface area contributed by atoms with Crippen molar-refractivity contribution in [3.05, 3.63) is 24.3 Å². The summed E-state index contributed by atoms with van der Waals surface area (Å²) in [4.78, 5) is 24.6. The van der Waals surface area contributed by atoms with E-state index in [1.807, 2.05) is 0 Å². The van der Waals surface area contributed by atoms with Gasteiger partial charge in [-0.2, -0.15) is 0 Å². The van der Waals surface area contributed by atoms with Crippen LogP contribution in [0.5, 0.6) is 0 Å². The molecule has 0 saturated carbocycles. The first-order chi connectivity index (χ1) is 35.5. The van der Waals surface area contributed by atoms with Gasteiger partial charge in [-0.3, -0.25) is 9.59 Å². The summed E-state index contributed by atoms with van der Waals surface area (Å²) in [7, 11) is 0. The van der Waals surface area contributed by atoms with E-state index in [1.165, 1.54) is 276 Å². The number of aliphatic hydroxyl groups excluding tert-OH is 2. The average Bonchev–Trinajstić information content (AvgIpc) is 3.38. The summed E-state index contributed by atoms with van der Waals surface area (Å²) in [5.74, 6) is -0.0249. The zero-order chi connectivity index (χ0) is 52.2. The molecular formula is C66H127NO5. The molecule has 0 aliphatic carbocycles. The van der Waals surface area contributed by atoms with E-state index in [9.17, 15) is 19.8 Å². The molecule has 0 spiro atoms. The van der Waals surface area contributed by atoms with Crippen molar-refractivity contribution in [2.24, 2.45) is 0 Å². The maximum atomic E-state index is 12.5. The molecule has 0 aromatic rings. The largest absolute Gasteiger partial charge is 0.466 e. The Bertz CT molecular complexity index is 1120. The van der Waals surface area contributed by atoms with Gasteiger partial charge in [0.2, 0.25) is 5.91 Å². The molecule has 0 saturated heterocycles. The molecule has 0 aliphatic rings. The number of ether oxygens (including phenoxy) is 1. The van der Waals surface area contributed by atoms with Gasteiger partial charge < -0.3 is 20.3 Å². The Hall–Kier alpha value is -1.66. The second-order valence-electron chi connectivity index (χ2n) is 22.5. The lowest BCUT2D eigenvalue weighted by molar-refractivity contribution is -0.143. The third kappa shape index (κ3) is 57.6. The van der Waals surface area contributed by atoms with Crippen molar-refractivity contribution >= 4 is 11.9 Å². The van der Waals surface area contributed by atoms with Gasteiger partial charge in [0, 0.05) is 12.8 Å². The van der Waals surface area contributed by atoms with E-state index in [0.29, 0.717) is 25.9 Å². The van der Waals surface area contributed by atoms with E-state index in [2.05, 4.69) is 43.5 Å². The van der Waals surface area contributed by atoms with Crippen molar-refractivity contribution in [3.63, 3.8) is 0 Å². The lowest BCUT2D eigenvalue weighted by atomic mass is 10.0. The van der Waals surface area contributed by atoms with Crippen LogP contribution < -0.4 is 5.32 Å². The van der Waals surface area contributed by atoms with E-state index < -0.39 is 12.1 Å². The van der Waals surface area contributed by atoms with E-state index >= 15 is 0 Å². The van der Waals surface area contributed by atoms with Crippen LogP contribution in [0.4, 0.5) is 0 Å². The van der Waals surface area contributed by atoms with Crippen molar-refractivity contribution < 1.29 is 24.5 Å². The lowest BCUT2D eigenvalue weighted by Crippen LogP contribution is -2.45. The molecule has 2 unspecified atom stereocenters. The number of nitrogens with one attached hydrogen (secondary N) is 1. The molecule has 0 bridgehead atoms. The monoisotopic (exact) mass is 1010 g/mol. The van der Waals surface area contributed by atoms with Crippen LogP contribution in [0.2, 0.25) is 0 Å². The van der Waals surface area contributed by atoms with Gasteiger partial charge in [-0.05, 0) is 57.8 Å². The fourth-order valence-corrected chi connectivity index (χ4v) is 10.3. The number of esters is 1. The van der Waals surface area contributed by atoms with Gasteiger partial charge in [0.05, 0.1) is 25.4 Å². The normalized spacial score (nSPS) is 12.7. The summed E-state index contributed by atoms with van der Waals surface area (Å²) in [6.07, 6.45) is 76.2. The minimum absolute atomic E-state index is 0.00764. The van der Waals surface area contributed by atoms with E-state index in [4.69, 9.17) is 4.74 Å². The van der Waals surface area contributed by atoms with Crippen LogP contribution in [0, 0.1) is 0 Å². The van der Waals surface area contributed by atoms with Crippen LogP contribution in [0.1, 0.15) is 361 Å². The number of amides is 1. The number of allylic oxidation sites excluding steroid dienone is 4. The zero-order valence-electron chi connectivity index (χ0n) is 48.7. The second-order valence-corrected chi connectivity index (χ2v) is 22.5. The van der Waals surface area contributed by atoms with E-state index in [-0.39, 0.29) is 18.5 Å². The fraction of sp³-hybridized carbons (Fsp3) is 0.909. The molecule has 72 heavy (non-hydrogen) atoms. The molecule has 0 heterocycles. The number of aliphatic hydroxyl groups is 2. The molecule has 0 aromatic carbocycles. The molecule has 0 aromatic heterocycles. The SMILES string of the molecule is CCCCCC/C=C\C/C=C\CCCCCCCCCC(=O)OCCCCCCCCCCCCCCCCCCCCCCCCCC(=O)NC(CO)C(O)CCCCCCCCCCCCCCCC. The summed E-state index contributed by atoms with van der Waals surface area (Å²) in [6.45, 7) is 4.96. The Morgan fingerprint density at radius 3 is 1.07 bits per heavy atom. The number of carbonyl (C=O) groups is 2. The first-order valence-corrected chi connectivity index (χ1v) is 32.6. The molecule has 0 radical (unpaired) electrons. The van der Waals surface area contributed by atoms with Crippen LogP contribution in [-0.4, -0.2) is 47.4 Å². The third-order valence-electron chi connectivity index (χ3n) is 15.3. The number of carbonyl (C=O) groups excluding carboxylic acids is 2. The molecule has 0 rings (SSSR count). The summed E-state index contributed by atoms with van der Waals surface area (Å²) >= 11 is 0. The third-order valence-corrected chi connectivity index (χ3v) is 15.3. The van der Waals surface area contributed by atoms with Crippen molar-refractivity contribution in [2.75, 3.05) is 13.2 Å². The van der Waals surface area contributed by atoms with Crippen LogP contribution in [0.25, 0.3) is 0 Å². The number of hydrogen-bond acceptors (Lipinski definition) is 5.